The summed E-state index contributed by atoms with van der Waals surface area (Å²) >= 11 is 0. The van der Waals surface area contributed by atoms with E-state index in [1.54, 1.807) is 6.26 Å². The van der Waals surface area contributed by atoms with Gasteiger partial charge in [0.15, 0.2) is 0 Å². The fourth-order valence-corrected chi connectivity index (χ4v) is 1.83. The molecule has 0 saturated heterocycles. The standard InChI is InChI=1S/C13H23NO/c1-5-14-13(11(4)10(2)3)8-12-6-7-15-9-12/h6-7,9-11,13-14H,5,8H2,1-4H3. The predicted octanol–water partition coefficient (Wildman–Crippen LogP) is 3.09. The Morgan fingerprint density at radius 2 is 2.07 bits per heavy atom. The zero-order valence-electron chi connectivity index (χ0n) is 10.3. The normalized spacial score (nSPS) is 15.5. The van der Waals surface area contributed by atoms with Crippen LogP contribution < -0.4 is 5.32 Å². The van der Waals surface area contributed by atoms with E-state index in [2.05, 4.69) is 39.1 Å². The summed E-state index contributed by atoms with van der Waals surface area (Å²) in [5.41, 5.74) is 1.29. The smallest absolute Gasteiger partial charge is 0.0935 e. The first-order chi connectivity index (χ1) is 7.15. The van der Waals surface area contributed by atoms with Crippen molar-refractivity contribution in [3.05, 3.63) is 24.2 Å². The van der Waals surface area contributed by atoms with Crippen LogP contribution in [-0.4, -0.2) is 12.6 Å². The third-order valence-electron chi connectivity index (χ3n) is 3.19. The van der Waals surface area contributed by atoms with Gasteiger partial charge in [-0.15, -0.1) is 0 Å². The van der Waals surface area contributed by atoms with Crippen molar-refractivity contribution in [3.63, 3.8) is 0 Å². The van der Waals surface area contributed by atoms with E-state index < -0.39 is 0 Å². The molecular weight excluding hydrogens is 186 g/mol. The molecular formula is C13H23NO. The highest BCUT2D eigenvalue weighted by Crippen LogP contribution is 2.18. The van der Waals surface area contributed by atoms with Crippen molar-refractivity contribution in [2.45, 2.75) is 40.2 Å². The van der Waals surface area contributed by atoms with E-state index >= 15 is 0 Å². The molecule has 2 heteroatoms. The lowest BCUT2D eigenvalue weighted by atomic mass is 9.87. The summed E-state index contributed by atoms with van der Waals surface area (Å²) in [6.07, 6.45) is 4.65. The van der Waals surface area contributed by atoms with Crippen LogP contribution in [0.15, 0.2) is 23.0 Å². The largest absolute Gasteiger partial charge is 0.472 e. The molecule has 0 aliphatic heterocycles. The summed E-state index contributed by atoms with van der Waals surface area (Å²) in [5, 5.41) is 3.56. The van der Waals surface area contributed by atoms with E-state index in [1.165, 1.54) is 5.56 Å². The van der Waals surface area contributed by atoms with Crippen LogP contribution in [0.3, 0.4) is 0 Å². The number of rotatable bonds is 6. The molecule has 0 bridgehead atoms. The van der Waals surface area contributed by atoms with Gasteiger partial charge in [0.1, 0.15) is 0 Å². The van der Waals surface area contributed by atoms with Gasteiger partial charge in [-0.1, -0.05) is 27.7 Å². The molecule has 0 spiro atoms. The second-order valence-corrected chi connectivity index (χ2v) is 4.60. The van der Waals surface area contributed by atoms with Crippen molar-refractivity contribution in [2.24, 2.45) is 11.8 Å². The zero-order valence-corrected chi connectivity index (χ0v) is 10.3. The van der Waals surface area contributed by atoms with Crippen molar-refractivity contribution >= 4 is 0 Å². The molecule has 1 N–H and O–H groups in total. The van der Waals surface area contributed by atoms with E-state index in [0.717, 1.165) is 13.0 Å². The Labute approximate surface area is 93.1 Å². The fraction of sp³-hybridized carbons (Fsp3) is 0.692. The van der Waals surface area contributed by atoms with Crippen molar-refractivity contribution in [1.82, 2.24) is 5.32 Å². The van der Waals surface area contributed by atoms with Gasteiger partial charge in [0, 0.05) is 6.04 Å². The highest BCUT2D eigenvalue weighted by atomic mass is 16.3. The van der Waals surface area contributed by atoms with Gasteiger partial charge in [-0.3, -0.25) is 0 Å². The Morgan fingerprint density at radius 1 is 1.33 bits per heavy atom. The zero-order chi connectivity index (χ0) is 11.3. The molecule has 1 aromatic heterocycles. The molecule has 0 radical (unpaired) electrons. The van der Waals surface area contributed by atoms with Crippen molar-refractivity contribution < 1.29 is 4.42 Å². The van der Waals surface area contributed by atoms with Gasteiger partial charge in [-0.2, -0.15) is 0 Å². The summed E-state index contributed by atoms with van der Waals surface area (Å²) in [6.45, 7) is 10.1. The van der Waals surface area contributed by atoms with Crippen LogP contribution in [0, 0.1) is 11.8 Å². The second kappa shape index (κ2) is 5.96. The topological polar surface area (TPSA) is 25.2 Å². The number of furan rings is 1. The monoisotopic (exact) mass is 209 g/mol. The molecule has 15 heavy (non-hydrogen) atoms. The second-order valence-electron chi connectivity index (χ2n) is 4.60. The molecule has 2 nitrogen and oxygen atoms in total. The summed E-state index contributed by atoms with van der Waals surface area (Å²) < 4.78 is 5.11. The van der Waals surface area contributed by atoms with Crippen molar-refractivity contribution in [1.29, 1.82) is 0 Å². The van der Waals surface area contributed by atoms with Crippen LogP contribution in [0.25, 0.3) is 0 Å². The molecule has 2 unspecified atom stereocenters. The first-order valence-corrected chi connectivity index (χ1v) is 5.89. The molecule has 1 heterocycles. The van der Waals surface area contributed by atoms with Gasteiger partial charge in [-0.05, 0) is 36.4 Å². The van der Waals surface area contributed by atoms with Crippen LogP contribution in [-0.2, 0) is 6.42 Å². The number of hydrogen-bond donors (Lipinski definition) is 1. The lowest BCUT2D eigenvalue weighted by Crippen LogP contribution is -2.38. The summed E-state index contributed by atoms with van der Waals surface area (Å²) in [4.78, 5) is 0. The Morgan fingerprint density at radius 3 is 2.53 bits per heavy atom. The first-order valence-electron chi connectivity index (χ1n) is 5.89. The lowest BCUT2D eigenvalue weighted by Gasteiger charge is -2.27. The third kappa shape index (κ3) is 3.71. The molecule has 0 aliphatic rings. The molecule has 86 valence electrons. The van der Waals surface area contributed by atoms with Crippen LogP contribution in [0.4, 0.5) is 0 Å². The molecule has 1 aromatic rings. The fourth-order valence-electron chi connectivity index (χ4n) is 1.83. The number of nitrogens with one attached hydrogen (secondary N) is 1. The first kappa shape index (κ1) is 12.3. The molecule has 2 atom stereocenters. The molecule has 0 amide bonds. The average Bonchev–Trinajstić information content (AvgIpc) is 2.68. The Hall–Kier alpha value is -0.760. The Balaban J connectivity index is 2.57. The SMILES string of the molecule is CCNC(Cc1ccoc1)C(C)C(C)C. The van der Waals surface area contributed by atoms with E-state index in [0.29, 0.717) is 17.9 Å². The predicted molar refractivity (Wildman–Crippen MR) is 63.9 cm³/mol. The van der Waals surface area contributed by atoms with Gasteiger partial charge in [0.05, 0.1) is 12.5 Å². The quantitative estimate of drug-likeness (QED) is 0.779. The minimum Gasteiger partial charge on any atom is -0.472 e. The van der Waals surface area contributed by atoms with Gasteiger partial charge >= 0.3 is 0 Å². The maximum atomic E-state index is 5.11. The maximum Gasteiger partial charge on any atom is 0.0935 e. The van der Waals surface area contributed by atoms with Gasteiger partial charge in [-0.25, -0.2) is 0 Å². The molecule has 0 saturated carbocycles. The van der Waals surface area contributed by atoms with Crippen LogP contribution in [0.1, 0.15) is 33.3 Å². The lowest BCUT2D eigenvalue weighted by molar-refractivity contribution is 0.300. The number of likely N-dealkylation sites (N-methyl/N-ethyl adjacent to an activating group) is 1. The maximum absolute atomic E-state index is 5.11. The Bertz CT molecular complexity index is 254. The third-order valence-corrected chi connectivity index (χ3v) is 3.19. The molecule has 0 aliphatic carbocycles. The summed E-state index contributed by atoms with van der Waals surface area (Å²) in [7, 11) is 0. The summed E-state index contributed by atoms with van der Waals surface area (Å²) in [5.74, 6) is 1.39. The minimum absolute atomic E-state index is 0.549. The Kier molecular flexibility index (Phi) is 4.89. The van der Waals surface area contributed by atoms with Crippen molar-refractivity contribution in [2.75, 3.05) is 6.54 Å². The van der Waals surface area contributed by atoms with E-state index in [9.17, 15) is 0 Å². The van der Waals surface area contributed by atoms with Gasteiger partial charge in [0.2, 0.25) is 0 Å². The van der Waals surface area contributed by atoms with Gasteiger partial charge in [0.25, 0.3) is 0 Å². The number of hydrogen-bond acceptors (Lipinski definition) is 2. The average molecular weight is 209 g/mol. The van der Waals surface area contributed by atoms with Crippen LogP contribution in [0.5, 0.6) is 0 Å². The van der Waals surface area contributed by atoms with Crippen LogP contribution in [0.2, 0.25) is 0 Å². The van der Waals surface area contributed by atoms with E-state index in [-0.39, 0.29) is 0 Å². The highest BCUT2D eigenvalue weighted by molar-refractivity contribution is 5.07. The minimum atomic E-state index is 0.549. The molecule has 1 rings (SSSR count). The molecule has 0 aromatic carbocycles. The van der Waals surface area contributed by atoms with E-state index in [4.69, 9.17) is 4.42 Å². The molecule has 0 fully saturated rings. The van der Waals surface area contributed by atoms with E-state index in [1.807, 2.05) is 6.26 Å². The van der Waals surface area contributed by atoms with Gasteiger partial charge < -0.3 is 9.73 Å². The summed E-state index contributed by atoms with van der Waals surface area (Å²) in [6, 6.07) is 2.60. The van der Waals surface area contributed by atoms with Crippen molar-refractivity contribution in [3.8, 4) is 0 Å². The highest BCUT2D eigenvalue weighted by Gasteiger charge is 2.19. The van der Waals surface area contributed by atoms with Crippen LogP contribution >= 0.6 is 0 Å².